The van der Waals surface area contributed by atoms with Crippen LogP contribution >= 0.6 is 0 Å². The summed E-state index contributed by atoms with van der Waals surface area (Å²) in [7, 11) is 0. The number of para-hydroxylation sites is 1. The average molecular weight is 290 g/mol. The number of aromatic amines is 2. The van der Waals surface area contributed by atoms with E-state index in [9.17, 15) is 9.59 Å². The number of nitrogens with zero attached hydrogens (tertiary/aromatic N) is 1. The van der Waals surface area contributed by atoms with E-state index in [0.717, 1.165) is 5.75 Å². The summed E-state index contributed by atoms with van der Waals surface area (Å²) in [6.07, 6.45) is 0.969. The lowest BCUT2D eigenvalue weighted by Crippen LogP contribution is -2.27. The van der Waals surface area contributed by atoms with Crippen LogP contribution in [0.2, 0.25) is 0 Å². The molecular formula is C14H18N4O3. The van der Waals surface area contributed by atoms with Gasteiger partial charge in [-0.2, -0.15) is 5.10 Å². The standard InChI is InChI=1S/C14H18N4O3/c1-10(13-16-14(20)18-17-13)15-12(19)8-5-9-21-11-6-3-2-4-7-11/h2-4,6-7,10H,5,8-9H2,1H3,(H,15,19)(H2,16,17,18,20). The van der Waals surface area contributed by atoms with Crippen LogP contribution in [-0.2, 0) is 4.79 Å². The number of hydrogen-bond donors (Lipinski definition) is 3. The van der Waals surface area contributed by atoms with Gasteiger partial charge in [0, 0.05) is 6.42 Å². The molecule has 1 atom stereocenters. The van der Waals surface area contributed by atoms with E-state index in [1.54, 1.807) is 6.92 Å². The van der Waals surface area contributed by atoms with Crippen LogP contribution in [0.3, 0.4) is 0 Å². The van der Waals surface area contributed by atoms with Crippen LogP contribution in [0.1, 0.15) is 31.6 Å². The number of carbonyl (C=O) groups excluding carboxylic acids is 1. The Hall–Kier alpha value is -2.57. The van der Waals surface area contributed by atoms with Crippen molar-refractivity contribution in [3.8, 4) is 5.75 Å². The van der Waals surface area contributed by atoms with Gasteiger partial charge in [0.25, 0.3) is 0 Å². The number of nitrogens with one attached hydrogen (secondary N) is 3. The fourth-order valence-corrected chi connectivity index (χ4v) is 1.81. The zero-order chi connectivity index (χ0) is 15.1. The van der Waals surface area contributed by atoms with Crippen molar-refractivity contribution in [3.63, 3.8) is 0 Å². The average Bonchev–Trinajstić information content (AvgIpc) is 2.91. The van der Waals surface area contributed by atoms with Gasteiger partial charge in [-0.1, -0.05) is 18.2 Å². The number of carbonyl (C=O) groups is 1. The molecule has 112 valence electrons. The Kier molecular flexibility index (Phi) is 5.14. The molecule has 1 heterocycles. The lowest BCUT2D eigenvalue weighted by Gasteiger charge is -2.11. The second kappa shape index (κ2) is 7.28. The third-order valence-electron chi connectivity index (χ3n) is 2.87. The molecule has 0 saturated heterocycles. The van der Waals surface area contributed by atoms with Gasteiger partial charge in [0.2, 0.25) is 5.91 Å². The fraction of sp³-hybridized carbons (Fsp3) is 0.357. The van der Waals surface area contributed by atoms with Crippen molar-refractivity contribution < 1.29 is 9.53 Å². The van der Waals surface area contributed by atoms with Crippen LogP contribution in [0.5, 0.6) is 5.75 Å². The van der Waals surface area contributed by atoms with E-state index in [1.807, 2.05) is 30.3 Å². The number of amides is 1. The predicted octanol–water partition coefficient (Wildman–Crippen LogP) is 1.13. The van der Waals surface area contributed by atoms with E-state index in [1.165, 1.54) is 0 Å². The van der Waals surface area contributed by atoms with Crippen molar-refractivity contribution >= 4 is 5.91 Å². The Bertz CT molecular complexity index is 620. The van der Waals surface area contributed by atoms with Crippen LogP contribution in [0, 0.1) is 0 Å². The molecule has 0 radical (unpaired) electrons. The summed E-state index contributed by atoms with van der Waals surface area (Å²) >= 11 is 0. The highest BCUT2D eigenvalue weighted by Crippen LogP contribution is 2.09. The molecule has 0 spiro atoms. The maximum Gasteiger partial charge on any atom is 0.340 e. The van der Waals surface area contributed by atoms with Crippen molar-refractivity contribution in [2.24, 2.45) is 0 Å². The van der Waals surface area contributed by atoms with Crippen molar-refractivity contribution in [2.45, 2.75) is 25.8 Å². The number of H-pyrrole nitrogens is 2. The highest BCUT2D eigenvalue weighted by molar-refractivity contribution is 5.76. The molecule has 0 fully saturated rings. The molecule has 1 amide bonds. The van der Waals surface area contributed by atoms with Gasteiger partial charge in [-0.15, -0.1) is 0 Å². The predicted molar refractivity (Wildman–Crippen MR) is 76.9 cm³/mol. The first kappa shape index (κ1) is 14.8. The van der Waals surface area contributed by atoms with E-state index >= 15 is 0 Å². The Morgan fingerprint density at radius 2 is 2.14 bits per heavy atom. The van der Waals surface area contributed by atoms with Gasteiger partial charge in [0.05, 0.1) is 12.6 Å². The van der Waals surface area contributed by atoms with Crippen molar-refractivity contribution in [1.82, 2.24) is 20.5 Å². The molecule has 1 aromatic carbocycles. The Morgan fingerprint density at radius 3 is 2.81 bits per heavy atom. The smallest absolute Gasteiger partial charge is 0.340 e. The molecule has 7 heteroatoms. The van der Waals surface area contributed by atoms with Crippen LogP contribution in [-0.4, -0.2) is 27.7 Å². The molecule has 1 unspecified atom stereocenters. The third kappa shape index (κ3) is 4.79. The van der Waals surface area contributed by atoms with Crippen LogP contribution < -0.4 is 15.7 Å². The molecule has 0 saturated carbocycles. The van der Waals surface area contributed by atoms with E-state index in [-0.39, 0.29) is 17.6 Å². The zero-order valence-electron chi connectivity index (χ0n) is 11.8. The van der Waals surface area contributed by atoms with Gasteiger partial charge in [0.15, 0.2) is 5.82 Å². The number of hydrogen-bond acceptors (Lipinski definition) is 4. The second-order valence-electron chi connectivity index (χ2n) is 4.62. The van der Waals surface area contributed by atoms with E-state index in [0.29, 0.717) is 25.3 Å². The normalized spacial score (nSPS) is 11.9. The monoisotopic (exact) mass is 290 g/mol. The van der Waals surface area contributed by atoms with E-state index in [4.69, 9.17) is 4.74 Å². The Balaban J connectivity index is 1.67. The van der Waals surface area contributed by atoms with Gasteiger partial charge in [-0.05, 0) is 25.5 Å². The van der Waals surface area contributed by atoms with Gasteiger partial charge in [-0.3, -0.25) is 9.78 Å². The van der Waals surface area contributed by atoms with Crippen molar-refractivity contribution in [1.29, 1.82) is 0 Å². The van der Waals surface area contributed by atoms with Crippen molar-refractivity contribution in [3.05, 3.63) is 46.6 Å². The molecule has 0 bridgehead atoms. The molecule has 1 aromatic heterocycles. The van der Waals surface area contributed by atoms with Crippen LogP contribution in [0.15, 0.2) is 35.1 Å². The third-order valence-corrected chi connectivity index (χ3v) is 2.87. The molecule has 21 heavy (non-hydrogen) atoms. The number of ether oxygens (including phenoxy) is 1. The van der Waals surface area contributed by atoms with Gasteiger partial charge < -0.3 is 10.1 Å². The summed E-state index contributed by atoms with van der Waals surface area (Å²) in [5.41, 5.74) is -0.387. The first-order valence-corrected chi connectivity index (χ1v) is 6.77. The van der Waals surface area contributed by atoms with E-state index < -0.39 is 0 Å². The topological polar surface area (TPSA) is 99.9 Å². The van der Waals surface area contributed by atoms with E-state index in [2.05, 4.69) is 20.5 Å². The minimum Gasteiger partial charge on any atom is -0.494 e. The summed E-state index contributed by atoms with van der Waals surface area (Å²) in [6.45, 7) is 2.23. The molecule has 2 rings (SSSR count). The minimum atomic E-state index is -0.387. The van der Waals surface area contributed by atoms with Gasteiger partial charge in [-0.25, -0.2) is 9.89 Å². The second-order valence-corrected chi connectivity index (χ2v) is 4.62. The number of aromatic nitrogens is 3. The SMILES string of the molecule is CC(NC(=O)CCCOc1ccccc1)c1n[nH]c(=O)[nH]1. The summed E-state index contributed by atoms with van der Waals surface area (Å²) in [4.78, 5) is 25.2. The molecule has 2 aromatic rings. The fourth-order valence-electron chi connectivity index (χ4n) is 1.81. The number of benzene rings is 1. The lowest BCUT2D eigenvalue weighted by molar-refractivity contribution is -0.122. The Morgan fingerprint density at radius 1 is 1.38 bits per heavy atom. The Labute approximate surface area is 121 Å². The summed E-state index contributed by atoms with van der Waals surface area (Å²) in [5.74, 6) is 1.09. The van der Waals surface area contributed by atoms with Crippen molar-refractivity contribution in [2.75, 3.05) is 6.61 Å². The number of rotatable bonds is 7. The molecule has 0 aliphatic heterocycles. The minimum absolute atomic E-state index is 0.108. The highest BCUT2D eigenvalue weighted by Gasteiger charge is 2.12. The zero-order valence-corrected chi connectivity index (χ0v) is 11.8. The summed E-state index contributed by atoms with van der Waals surface area (Å²) in [5, 5.41) is 8.79. The van der Waals surface area contributed by atoms with Crippen LogP contribution in [0.25, 0.3) is 0 Å². The quantitative estimate of drug-likeness (QED) is 0.666. The molecule has 0 aliphatic carbocycles. The maximum atomic E-state index is 11.7. The summed E-state index contributed by atoms with van der Waals surface area (Å²) in [6, 6.07) is 9.11. The molecule has 3 N–H and O–H groups in total. The lowest BCUT2D eigenvalue weighted by atomic mass is 10.2. The van der Waals surface area contributed by atoms with Gasteiger partial charge >= 0.3 is 5.69 Å². The largest absolute Gasteiger partial charge is 0.494 e. The van der Waals surface area contributed by atoms with Crippen LogP contribution in [0.4, 0.5) is 0 Å². The highest BCUT2D eigenvalue weighted by atomic mass is 16.5. The maximum absolute atomic E-state index is 11.7. The molecule has 0 aliphatic rings. The first-order chi connectivity index (χ1) is 10.1. The summed E-state index contributed by atoms with van der Waals surface area (Å²) < 4.78 is 5.50. The first-order valence-electron chi connectivity index (χ1n) is 6.77. The molecular weight excluding hydrogens is 272 g/mol. The van der Waals surface area contributed by atoms with Gasteiger partial charge in [0.1, 0.15) is 5.75 Å². The molecule has 7 nitrogen and oxygen atoms in total.